The smallest absolute Gasteiger partial charge is 0 e. The first-order valence-electron chi connectivity index (χ1n) is 0.428. The standard InChI is InChI=1S/CNO.Y/c2-1-3;/q-1;. The number of carbonyl (C=O) groups excluding carboxylic acids is 1. The summed E-state index contributed by atoms with van der Waals surface area (Å²) in [6.07, 6.45) is 0.500. The minimum Gasteiger partial charge on any atom is -0.724 e. The molecule has 0 aromatic carbocycles. The Labute approximate surface area is 49.0 Å². The average Bonchev–Trinajstić information content (AvgIpc) is 0.918. The summed E-state index contributed by atoms with van der Waals surface area (Å²) in [7, 11) is 0. The van der Waals surface area contributed by atoms with Crippen molar-refractivity contribution < 1.29 is 37.5 Å². The van der Waals surface area contributed by atoms with Gasteiger partial charge in [0.1, 0.15) is 0 Å². The van der Waals surface area contributed by atoms with E-state index in [1.165, 1.54) is 0 Å². The van der Waals surface area contributed by atoms with Crippen molar-refractivity contribution in [3.63, 3.8) is 0 Å². The van der Waals surface area contributed by atoms with Crippen molar-refractivity contribution in [2.24, 2.45) is 0 Å². The molecule has 0 amide bonds. The first-order chi connectivity index (χ1) is 1.41. The van der Waals surface area contributed by atoms with E-state index in [2.05, 4.69) is 0 Å². The molecule has 3 heteroatoms. The molecule has 19 valence electrons. The molecule has 0 saturated heterocycles. The molecule has 2 nitrogen and oxygen atoms in total. The average molecular weight is 131 g/mol. The van der Waals surface area contributed by atoms with Crippen LogP contribution in [0.1, 0.15) is 0 Å². The van der Waals surface area contributed by atoms with Crippen molar-refractivity contribution >= 4 is 6.08 Å². The van der Waals surface area contributed by atoms with Crippen molar-refractivity contribution in [1.29, 1.82) is 0 Å². The van der Waals surface area contributed by atoms with Gasteiger partial charge in [0.05, 0.1) is 0 Å². The van der Waals surface area contributed by atoms with E-state index in [-0.39, 0.29) is 32.7 Å². The van der Waals surface area contributed by atoms with Crippen molar-refractivity contribution in [2.45, 2.75) is 0 Å². The first-order valence-corrected chi connectivity index (χ1v) is 0.428. The monoisotopic (exact) mass is 131 g/mol. The van der Waals surface area contributed by atoms with Gasteiger partial charge in [-0.2, -0.15) is 0 Å². The van der Waals surface area contributed by atoms with Crippen LogP contribution in [0, 0.1) is 0 Å². The van der Waals surface area contributed by atoms with Crippen LogP contribution < -0.4 is 0 Å². The van der Waals surface area contributed by atoms with Gasteiger partial charge >= 0.3 is 0 Å². The molecular weight excluding hydrogens is 131 g/mol. The van der Waals surface area contributed by atoms with Crippen molar-refractivity contribution in [3.8, 4) is 0 Å². The van der Waals surface area contributed by atoms with Gasteiger partial charge in [-0.15, -0.1) is 0 Å². The predicted molar refractivity (Wildman–Crippen MR) is 9.05 cm³/mol. The van der Waals surface area contributed by atoms with E-state index in [4.69, 9.17) is 10.2 Å². The molecule has 0 aliphatic rings. The Balaban J connectivity index is 0. The molecule has 0 spiro atoms. The van der Waals surface area contributed by atoms with Gasteiger partial charge in [0.15, 0.2) is 0 Å². The number of hydrogen-bond donors (Lipinski definition) is 0. The zero-order chi connectivity index (χ0) is 2.71. The SMILES string of the molecule is [N-]=C=O.[Y]. The van der Waals surface area contributed by atoms with E-state index in [1.807, 2.05) is 0 Å². The minimum atomic E-state index is 0. The summed E-state index contributed by atoms with van der Waals surface area (Å²) in [5, 5.41) is 6.76. The third-order valence-corrected chi connectivity index (χ3v) is 0. The second kappa shape index (κ2) is 9.76. The molecule has 0 bridgehead atoms. The van der Waals surface area contributed by atoms with Gasteiger partial charge in [-0.25, -0.2) is 0 Å². The summed E-state index contributed by atoms with van der Waals surface area (Å²) in [6, 6.07) is 0. The number of nitrogens with zero attached hydrogens (tertiary/aromatic N) is 1. The number of rotatable bonds is 0. The maximum atomic E-state index is 8.24. The first kappa shape index (κ1) is 8.82. The Morgan fingerprint density at radius 3 is 1.75 bits per heavy atom. The van der Waals surface area contributed by atoms with Crippen LogP contribution in [0.2, 0.25) is 0 Å². The minimum absolute atomic E-state index is 0. The summed E-state index contributed by atoms with van der Waals surface area (Å²) in [5.74, 6) is 0. The van der Waals surface area contributed by atoms with Gasteiger partial charge < -0.3 is 5.41 Å². The van der Waals surface area contributed by atoms with Crippen molar-refractivity contribution in [3.05, 3.63) is 5.41 Å². The Hall–Kier alpha value is 0.484. The van der Waals surface area contributed by atoms with Gasteiger partial charge in [0, 0.05) is 32.7 Å². The van der Waals surface area contributed by atoms with Crippen molar-refractivity contribution in [2.75, 3.05) is 0 Å². The van der Waals surface area contributed by atoms with E-state index in [0.29, 0.717) is 6.08 Å². The van der Waals surface area contributed by atoms with Crippen LogP contribution in [0.4, 0.5) is 0 Å². The molecule has 0 unspecified atom stereocenters. The Morgan fingerprint density at radius 1 is 1.75 bits per heavy atom. The van der Waals surface area contributed by atoms with Crippen LogP contribution in [-0.4, -0.2) is 6.08 Å². The third kappa shape index (κ3) is 23.4. The molecule has 0 heterocycles. The maximum absolute atomic E-state index is 8.24. The normalized spacial score (nSPS) is 2.00. The van der Waals surface area contributed by atoms with Crippen LogP contribution in [-0.2, 0) is 37.5 Å². The van der Waals surface area contributed by atoms with Crippen LogP contribution in [0.25, 0.3) is 5.41 Å². The van der Waals surface area contributed by atoms with E-state index in [0.717, 1.165) is 0 Å². The maximum Gasteiger partial charge on any atom is 0 e. The molecule has 0 aliphatic carbocycles. The summed E-state index contributed by atoms with van der Waals surface area (Å²) < 4.78 is 0. The predicted octanol–water partition coefficient (Wildman–Crippen LogP) is -0.111. The molecule has 0 aromatic rings. The van der Waals surface area contributed by atoms with Crippen LogP contribution in [0.15, 0.2) is 0 Å². The molecule has 4 heavy (non-hydrogen) atoms. The molecule has 0 saturated carbocycles. The third-order valence-electron chi connectivity index (χ3n) is 0. The summed E-state index contributed by atoms with van der Waals surface area (Å²) in [4.78, 5) is 8.24. The number of isocyanates is 1. The molecule has 0 fully saturated rings. The Bertz CT molecular complexity index is 29.0. The van der Waals surface area contributed by atoms with Gasteiger partial charge in [-0.1, -0.05) is 0 Å². The van der Waals surface area contributed by atoms with Crippen LogP contribution in [0.5, 0.6) is 0 Å². The number of hydrogen-bond acceptors (Lipinski definition) is 1. The van der Waals surface area contributed by atoms with Gasteiger partial charge in [-0.3, -0.25) is 4.79 Å². The van der Waals surface area contributed by atoms with Crippen molar-refractivity contribution in [1.82, 2.24) is 0 Å². The van der Waals surface area contributed by atoms with E-state index in [9.17, 15) is 0 Å². The second-order valence-electron chi connectivity index (χ2n) is 0.0913. The summed E-state index contributed by atoms with van der Waals surface area (Å²) in [6.45, 7) is 0. The molecule has 1 radical (unpaired) electrons. The molecule has 0 rings (SSSR count). The Kier molecular flexibility index (Phi) is 21.5. The summed E-state index contributed by atoms with van der Waals surface area (Å²) >= 11 is 0. The van der Waals surface area contributed by atoms with E-state index in [1.54, 1.807) is 0 Å². The fourth-order valence-electron chi connectivity index (χ4n) is 0. The summed E-state index contributed by atoms with van der Waals surface area (Å²) in [5.41, 5.74) is 0. The second-order valence-corrected chi connectivity index (χ2v) is 0.0913. The largest absolute Gasteiger partial charge is 0.724 e. The molecule has 0 aromatic heterocycles. The van der Waals surface area contributed by atoms with E-state index < -0.39 is 0 Å². The van der Waals surface area contributed by atoms with Crippen LogP contribution in [0.3, 0.4) is 0 Å². The molecule has 0 atom stereocenters. The van der Waals surface area contributed by atoms with Crippen LogP contribution >= 0.6 is 0 Å². The zero-order valence-corrected chi connectivity index (χ0v) is 4.77. The molecule has 0 N–H and O–H groups in total. The molecular formula is CNOY-. The topological polar surface area (TPSA) is 39.4 Å². The van der Waals surface area contributed by atoms with Gasteiger partial charge in [0.25, 0.3) is 0 Å². The van der Waals surface area contributed by atoms with E-state index >= 15 is 0 Å². The fourth-order valence-corrected chi connectivity index (χ4v) is 0. The molecule has 0 aliphatic heterocycles. The zero-order valence-electron chi connectivity index (χ0n) is 1.93. The fraction of sp³-hybridized carbons (Fsp3) is 0. The quantitative estimate of drug-likeness (QED) is 0.334. The van der Waals surface area contributed by atoms with Gasteiger partial charge in [0.2, 0.25) is 0 Å². The van der Waals surface area contributed by atoms with Gasteiger partial charge in [-0.05, 0) is 6.08 Å². The Morgan fingerprint density at radius 2 is 1.75 bits per heavy atom.